The number of fused-ring (bicyclic) bond motifs is 4. The van der Waals surface area contributed by atoms with E-state index in [9.17, 15) is 42.8 Å². The van der Waals surface area contributed by atoms with Crippen LogP contribution in [0.3, 0.4) is 0 Å². The molecule has 8 N–H and O–H groups in total. The Bertz CT molecular complexity index is 3580. The number of nitrogens with zero attached hydrogens (tertiary/aromatic N) is 8. The predicted octanol–water partition coefficient (Wildman–Crippen LogP) is -2.64. The van der Waals surface area contributed by atoms with Crippen molar-refractivity contribution in [1.29, 1.82) is 0 Å². The van der Waals surface area contributed by atoms with E-state index in [-0.39, 0.29) is 201 Å². The van der Waals surface area contributed by atoms with Crippen molar-refractivity contribution in [1.82, 2.24) is 34.9 Å². The molecule has 0 atom stereocenters. The van der Waals surface area contributed by atoms with Gasteiger partial charge in [-0.05, 0) is 60.3 Å². The molecule has 0 amide bonds. The number of hydrogen-bond donors (Lipinski definition) is 8. The van der Waals surface area contributed by atoms with Crippen LogP contribution in [0.1, 0.15) is 12.8 Å². The van der Waals surface area contributed by atoms with E-state index in [4.69, 9.17) is 64.7 Å². The van der Waals surface area contributed by atoms with E-state index in [2.05, 4.69) is 80.1 Å². The molecule has 7 rings (SSSR count). The summed E-state index contributed by atoms with van der Waals surface area (Å²) in [5, 5.41) is 15.4. The molecule has 4 aromatic rings. The van der Waals surface area contributed by atoms with Crippen molar-refractivity contribution in [2.45, 2.75) is 22.6 Å². The fraction of sp³-hybridized carbons (Fsp3) is 0.294. The molecule has 0 bridgehead atoms. The van der Waals surface area contributed by atoms with Crippen LogP contribution in [0.15, 0.2) is 43.5 Å². The summed E-state index contributed by atoms with van der Waals surface area (Å²) in [5.74, 6) is -1.37. The van der Waals surface area contributed by atoms with Gasteiger partial charge < -0.3 is 50.2 Å². The molecule has 3 aliphatic rings. The molecule has 0 fully saturated rings. The van der Waals surface area contributed by atoms with Crippen LogP contribution in [0.25, 0.3) is 22.6 Å². The van der Waals surface area contributed by atoms with Gasteiger partial charge in [-0.3, -0.25) is 14.1 Å². The summed E-state index contributed by atoms with van der Waals surface area (Å²) in [7, 11) is -19.9. The summed E-state index contributed by atoms with van der Waals surface area (Å²) in [6.07, 6.45) is 0.490. The quantitative estimate of drug-likeness (QED) is 0.0140. The van der Waals surface area contributed by atoms with Crippen LogP contribution >= 0.6 is 46.4 Å². The molecular formula is C34H32Cl4N14Na2O16S4. The average molecular weight is 1210 g/mol. The molecule has 2 aromatic carbocycles. The molecule has 0 saturated carbocycles. The second kappa shape index (κ2) is 25.7. The zero-order chi connectivity index (χ0) is 52.2. The molecule has 0 spiro atoms. The molecule has 4 heterocycles. The molecule has 0 unspecified atom stereocenters. The van der Waals surface area contributed by atoms with Gasteiger partial charge in [-0.2, -0.15) is 46.7 Å². The molecule has 0 saturated heterocycles. The van der Waals surface area contributed by atoms with Gasteiger partial charge in [-0.1, -0.05) is 23.2 Å². The van der Waals surface area contributed by atoms with Crippen LogP contribution < -0.4 is 101 Å². The number of anilines is 7. The Labute approximate surface area is 483 Å². The molecule has 30 nitrogen and oxygen atoms in total. The Morgan fingerprint density at radius 1 is 0.622 bits per heavy atom. The SMILES string of the molecule is O=S(=O)(O)OCCNc1nc(Cl)nc(NCCCN=c2ccc3nc4c(Cl)c5c(c(Cl)c4oc-3c2S(=O)(=O)[O-])Nc2ccc(NCCCNc3nc(Cl)nc(NCCOS(=O)(=O)O)n3)c(S(=O)(=O)[O-])c2O5)n1.[Na+].[Na+]. The normalized spacial score (nSPS) is 12.7. The fourth-order valence-electron chi connectivity index (χ4n) is 6.36. The van der Waals surface area contributed by atoms with Gasteiger partial charge in [-0.15, -0.1) is 0 Å². The van der Waals surface area contributed by atoms with Gasteiger partial charge in [0.15, 0.2) is 22.8 Å². The molecule has 40 heteroatoms. The zero-order valence-electron chi connectivity index (χ0n) is 37.7. The second-order valence-electron chi connectivity index (χ2n) is 14.2. The first-order valence-electron chi connectivity index (χ1n) is 19.9. The standard InChI is InChI=1S/C34H34Cl4N14O16S4.2Na/c35-19-22-26(68-24-16(46-22)4-6-18(28(24)70(56,57)58)40-8-2-10-42-32-48-30(38)50-34(52-32)44-12-14-66-72(62,63)64)20(36)21-25(19)67-23-15(45-21)3-5-17(27(23)69(53,54)55)39-7-1-9-41-31-47-29(37)49-33(51-31)43-11-13-65-71(59,60)61;;/h3-6,39,45H,1-2,7-14H2,(H,53,54,55)(H,56,57,58)(H,59,60,61)(H,62,63,64)(H2,41,43,47,49,51)(H2,42,44,48,50,52);;/q;2*+1/p-2. The maximum absolute atomic E-state index is 12.8. The van der Waals surface area contributed by atoms with Crippen molar-refractivity contribution in [3.8, 4) is 23.0 Å². The first-order valence-corrected chi connectivity index (χ1v) is 27.0. The topological polar surface area (TPSA) is 439 Å². The summed E-state index contributed by atoms with van der Waals surface area (Å²) >= 11 is 25.5. The van der Waals surface area contributed by atoms with Gasteiger partial charge in [0.05, 0.1) is 29.9 Å². The Morgan fingerprint density at radius 3 is 1.66 bits per heavy atom. The Kier molecular flexibility index (Phi) is 21.3. The zero-order valence-corrected chi connectivity index (χ0v) is 48.0. The van der Waals surface area contributed by atoms with Crippen molar-refractivity contribution in [3.63, 3.8) is 0 Å². The van der Waals surface area contributed by atoms with E-state index in [1.165, 1.54) is 24.3 Å². The van der Waals surface area contributed by atoms with Crippen molar-refractivity contribution in [2.75, 3.05) is 84.4 Å². The summed E-state index contributed by atoms with van der Waals surface area (Å²) in [6, 6.07) is 5.15. The van der Waals surface area contributed by atoms with Crippen molar-refractivity contribution in [2.24, 2.45) is 4.99 Å². The van der Waals surface area contributed by atoms with Crippen molar-refractivity contribution < 1.29 is 129 Å². The Hall–Kier alpha value is -3.60. The average Bonchev–Trinajstić information content (AvgIpc) is 3.28. The third-order valence-electron chi connectivity index (χ3n) is 9.15. The largest absolute Gasteiger partial charge is 1.00 e. The smallest absolute Gasteiger partial charge is 0.744 e. The van der Waals surface area contributed by atoms with E-state index in [0.29, 0.717) is 0 Å². The fourth-order valence-corrected chi connectivity index (χ4v) is 9.35. The van der Waals surface area contributed by atoms with Gasteiger partial charge in [0.2, 0.25) is 34.4 Å². The Balaban J connectivity index is 0.00000507. The van der Waals surface area contributed by atoms with Crippen molar-refractivity contribution >= 4 is 139 Å². The van der Waals surface area contributed by atoms with Gasteiger partial charge in [0, 0.05) is 39.3 Å². The van der Waals surface area contributed by atoms with Gasteiger partial charge >= 0.3 is 79.9 Å². The van der Waals surface area contributed by atoms with Crippen molar-refractivity contribution in [3.05, 3.63) is 50.2 Å². The van der Waals surface area contributed by atoms with Gasteiger partial charge in [-0.25, -0.2) is 30.2 Å². The van der Waals surface area contributed by atoms with Crippen LogP contribution in [0.5, 0.6) is 11.5 Å². The Morgan fingerprint density at radius 2 is 1.14 bits per heavy atom. The number of rotatable bonds is 23. The number of ether oxygens (including phenoxy) is 1. The van der Waals surface area contributed by atoms with Crippen LogP contribution in [0.4, 0.5) is 40.9 Å². The molecule has 0 radical (unpaired) electrons. The predicted molar refractivity (Wildman–Crippen MR) is 253 cm³/mol. The molecular weight excluding hydrogens is 1180 g/mol. The summed E-state index contributed by atoms with van der Waals surface area (Å²) in [5.41, 5.74) is -1.05. The van der Waals surface area contributed by atoms with Crippen LogP contribution in [0.2, 0.25) is 20.6 Å². The maximum Gasteiger partial charge on any atom is 1.00 e. The maximum atomic E-state index is 12.8. The number of halogens is 4. The van der Waals surface area contributed by atoms with Crippen LogP contribution in [-0.4, -0.2) is 139 Å². The first-order chi connectivity index (χ1) is 33.8. The van der Waals surface area contributed by atoms with E-state index in [1.54, 1.807) is 0 Å². The summed E-state index contributed by atoms with van der Waals surface area (Å²) in [6.45, 7) is -0.821. The molecule has 74 heavy (non-hydrogen) atoms. The molecule has 388 valence electrons. The van der Waals surface area contributed by atoms with E-state index in [1.807, 2.05) is 0 Å². The van der Waals surface area contributed by atoms with E-state index < -0.39 is 75.5 Å². The minimum absolute atomic E-state index is 0. The van der Waals surface area contributed by atoms with Gasteiger partial charge in [0.1, 0.15) is 57.0 Å². The van der Waals surface area contributed by atoms with E-state index in [0.717, 1.165) is 0 Å². The molecule has 1 aliphatic carbocycles. The second-order valence-corrected chi connectivity index (χ2v) is 20.4. The van der Waals surface area contributed by atoms with Gasteiger partial charge in [0.25, 0.3) is 0 Å². The van der Waals surface area contributed by atoms with Crippen LogP contribution in [-0.2, 0) is 49.4 Å². The number of nitrogens with one attached hydrogen (secondary N) is 6. The number of hydrogen-bond acceptors (Lipinski definition) is 28. The monoisotopic (exact) mass is 1210 g/mol. The third kappa shape index (κ3) is 16.2. The summed E-state index contributed by atoms with van der Waals surface area (Å²) in [4.78, 5) is 30.7. The minimum atomic E-state index is -5.33. The minimum Gasteiger partial charge on any atom is -0.744 e. The molecule has 2 aromatic heterocycles. The molecule has 2 aliphatic heterocycles. The summed E-state index contributed by atoms with van der Waals surface area (Å²) < 4.78 is 157. The van der Waals surface area contributed by atoms with Crippen LogP contribution in [0, 0.1) is 0 Å². The number of benzene rings is 3. The number of aromatic nitrogens is 7. The van der Waals surface area contributed by atoms with E-state index >= 15 is 0 Å². The first kappa shape index (κ1) is 61.3. The third-order valence-corrected chi connectivity index (χ3v) is 12.9.